The lowest BCUT2D eigenvalue weighted by molar-refractivity contribution is -0.166. The molecule has 2 aromatic rings. The monoisotopic (exact) mass is 393 g/mol. The SMILES string of the molecule is CC(C(=O)Nc1ccc(F)cc1)C12CC(Nc3ncccc3C(F)(F)F)(C1)C2. The number of hydrogen-bond donors (Lipinski definition) is 2. The van der Waals surface area contributed by atoms with Crippen LogP contribution in [0.5, 0.6) is 0 Å². The second-order valence-electron chi connectivity index (χ2n) is 7.91. The molecular formula is C20H19F4N3O. The average molecular weight is 393 g/mol. The van der Waals surface area contributed by atoms with E-state index >= 15 is 0 Å². The Bertz CT molecular complexity index is 891. The van der Waals surface area contributed by atoms with Crippen LogP contribution in [0, 0.1) is 17.2 Å². The lowest BCUT2D eigenvalue weighted by atomic mass is 9.36. The maximum Gasteiger partial charge on any atom is 0.419 e. The fourth-order valence-corrected chi connectivity index (χ4v) is 4.50. The van der Waals surface area contributed by atoms with Crippen molar-refractivity contribution in [3.63, 3.8) is 0 Å². The molecule has 1 unspecified atom stereocenters. The van der Waals surface area contributed by atoms with E-state index in [2.05, 4.69) is 15.6 Å². The highest BCUT2D eigenvalue weighted by Crippen LogP contribution is 2.71. The maximum absolute atomic E-state index is 13.1. The van der Waals surface area contributed by atoms with Crippen molar-refractivity contribution in [3.8, 4) is 0 Å². The van der Waals surface area contributed by atoms with E-state index in [1.807, 2.05) is 6.92 Å². The minimum Gasteiger partial charge on any atom is -0.364 e. The van der Waals surface area contributed by atoms with Crippen molar-refractivity contribution < 1.29 is 22.4 Å². The molecule has 4 nitrogen and oxygen atoms in total. The van der Waals surface area contributed by atoms with Crippen LogP contribution in [-0.2, 0) is 11.0 Å². The van der Waals surface area contributed by atoms with E-state index in [4.69, 9.17) is 0 Å². The van der Waals surface area contributed by atoms with Crippen LogP contribution >= 0.6 is 0 Å². The molecule has 3 aliphatic rings. The van der Waals surface area contributed by atoms with Crippen molar-refractivity contribution in [2.45, 2.75) is 37.9 Å². The minimum absolute atomic E-state index is 0.160. The molecule has 1 aromatic heterocycles. The summed E-state index contributed by atoms with van der Waals surface area (Å²) in [5.74, 6) is -1.02. The van der Waals surface area contributed by atoms with Crippen molar-refractivity contribution in [1.82, 2.24) is 4.98 Å². The van der Waals surface area contributed by atoms with Gasteiger partial charge in [0.05, 0.1) is 5.56 Å². The van der Waals surface area contributed by atoms with Crippen LogP contribution in [0.25, 0.3) is 0 Å². The Morgan fingerprint density at radius 3 is 2.39 bits per heavy atom. The molecule has 8 heteroatoms. The van der Waals surface area contributed by atoms with E-state index in [0.717, 1.165) is 6.07 Å². The van der Waals surface area contributed by atoms with E-state index in [0.29, 0.717) is 24.9 Å². The molecule has 3 aliphatic carbocycles. The molecule has 3 saturated carbocycles. The summed E-state index contributed by atoms with van der Waals surface area (Å²) in [6.45, 7) is 1.82. The number of hydrogen-bond acceptors (Lipinski definition) is 3. The number of halogens is 4. The van der Waals surface area contributed by atoms with Gasteiger partial charge in [0, 0.05) is 23.3 Å². The van der Waals surface area contributed by atoms with Gasteiger partial charge in [0.25, 0.3) is 0 Å². The summed E-state index contributed by atoms with van der Waals surface area (Å²) in [5, 5.41) is 5.74. The van der Waals surface area contributed by atoms with Gasteiger partial charge in [0.15, 0.2) is 0 Å². The van der Waals surface area contributed by atoms with Crippen LogP contribution in [0.2, 0.25) is 0 Å². The summed E-state index contributed by atoms with van der Waals surface area (Å²) >= 11 is 0. The Morgan fingerprint density at radius 2 is 1.79 bits per heavy atom. The fourth-order valence-electron chi connectivity index (χ4n) is 4.50. The lowest BCUT2D eigenvalue weighted by Gasteiger charge is -2.72. The van der Waals surface area contributed by atoms with Gasteiger partial charge in [-0.25, -0.2) is 9.37 Å². The van der Waals surface area contributed by atoms with Gasteiger partial charge in [-0.1, -0.05) is 6.92 Å². The number of anilines is 2. The summed E-state index contributed by atoms with van der Waals surface area (Å²) in [5.41, 5.74) is -0.917. The Hall–Kier alpha value is -2.64. The molecule has 28 heavy (non-hydrogen) atoms. The predicted octanol–water partition coefficient (Wildman–Crippen LogP) is 4.85. The van der Waals surface area contributed by atoms with Gasteiger partial charge in [0.1, 0.15) is 11.6 Å². The van der Waals surface area contributed by atoms with E-state index in [-0.39, 0.29) is 28.9 Å². The zero-order chi connectivity index (χ0) is 20.2. The number of nitrogens with zero attached hydrogens (tertiary/aromatic N) is 1. The van der Waals surface area contributed by atoms with Crippen LogP contribution in [-0.4, -0.2) is 16.4 Å². The third kappa shape index (κ3) is 3.10. The summed E-state index contributed by atoms with van der Waals surface area (Å²) in [6, 6.07) is 7.79. The topological polar surface area (TPSA) is 54.0 Å². The number of amides is 1. The molecule has 1 amide bonds. The van der Waals surface area contributed by atoms with Gasteiger partial charge >= 0.3 is 6.18 Å². The van der Waals surface area contributed by atoms with Gasteiger partial charge < -0.3 is 10.6 Å². The van der Waals surface area contributed by atoms with Crippen molar-refractivity contribution in [2.24, 2.45) is 11.3 Å². The number of rotatable bonds is 5. The first kappa shape index (κ1) is 18.7. The molecule has 5 rings (SSSR count). The van der Waals surface area contributed by atoms with Crippen molar-refractivity contribution in [3.05, 3.63) is 54.0 Å². The molecule has 0 aliphatic heterocycles. The molecule has 1 heterocycles. The Balaban J connectivity index is 1.39. The minimum atomic E-state index is -4.47. The molecule has 2 N–H and O–H groups in total. The third-order valence-electron chi connectivity index (χ3n) is 5.99. The zero-order valence-corrected chi connectivity index (χ0v) is 15.1. The first-order valence-corrected chi connectivity index (χ1v) is 8.99. The van der Waals surface area contributed by atoms with Gasteiger partial charge in [0.2, 0.25) is 5.91 Å². The molecule has 0 saturated heterocycles. The smallest absolute Gasteiger partial charge is 0.364 e. The van der Waals surface area contributed by atoms with Crippen molar-refractivity contribution >= 4 is 17.4 Å². The highest BCUT2D eigenvalue weighted by molar-refractivity contribution is 5.93. The van der Waals surface area contributed by atoms with Crippen LogP contribution in [0.4, 0.5) is 29.1 Å². The van der Waals surface area contributed by atoms with Gasteiger partial charge in [-0.05, 0) is 61.1 Å². The largest absolute Gasteiger partial charge is 0.419 e. The number of pyridine rings is 1. The summed E-state index contributed by atoms with van der Waals surface area (Å²) in [4.78, 5) is 16.4. The van der Waals surface area contributed by atoms with Crippen molar-refractivity contribution in [1.29, 1.82) is 0 Å². The van der Waals surface area contributed by atoms with Gasteiger partial charge in [-0.2, -0.15) is 13.2 Å². The normalized spacial score (nSPS) is 26.6. The molecule has 1 atom stereocenters. The highest BCUT2D eigenvalue weighted by atomic mass is 19.4. The van der Waals surface area contributed by atoms with E-state index in [1.165, 1.54) is 36.5 Å². The van der Waals surface area contributed by atoms with Gasteiger partial charge in [-0.15, -0.1) is 0 Å². The van der Waals surface area contributed by atoms with Crippen LogP contribution in [0.1, 0.15) is 31.7 Å². The Labute approximate surface area is 159 Å². The van der Waals surface area contributed by atoms with Crippen molar-refractivity contribution in [2.75, 3.05) is 10.6 Å². The number of benzene rings is 1. The first-order chi connectivity index (χ1) is 13.1. The fraction of sp³-hybridized carbons (Fsp3) is 0.400. The highest BCUT2D eigenvalue weighted by Gasteiger charge is 2.71. The molecule has 3 fully saturated rings. The van der Waals surface area contributed by atoms with Crippen LogP contribution in [0.15, 0.2) is 42.6 Å². The van der Waals surface area contributed by atoms with E-state index < -0.39 is 17.3 Å². The zero-order valence-electron chi connectivity index (χ0n) is 15.1. The second-order valence-corrected chi connectivity index (χ2v) is 7.91. The lowest BCUT2D eigenvalue weighted by Crippen LogP contribution is -2.74. The average Bonchev–Trinajstić information content (AvgIpc) is 2.57. The summed E-state index contributed by atoms with van der Waals surface area (Å²) < 4.78 is 52.4. The quantitative estimate of drug-likeness (QED) is 0.714. The van der Waals surface area contributed by atoms with Crippen LogP contribution < -0.4 is 10.6 Å². The van der Waals surface area contributed by atoms with Gasteiger partial charge in [-0.3, -0.25) is 4.79 Å². The number of nitrogens with one attached hydrogen (secondary N) is 2. The third-order valence-corrected chi connectivity index (χ3v) is 5.99. The van der Waals surface area contributed by atoms with E-state index in [1.54, 1.807) is 0 Å². The van der Waals surface area contributed by atoms with E-state index in [9.17, 15) is 22.4 Å². The number of carbonyl (C=O) groups excluding carboxylic acids is 1. The number of carbonyl (C=O) groups is 1. The standard InChI is InChI=1S/C20H19F4N3O/c1-12(17(28)26-14-6-4-13(21)5-7-14)18-9-19(10-18,11-18)27-16-15(20(22,23)24)3-2-8-25-16/h2-8,12H,9-11H2,1H3,(H,25,27)(H,26,28). The molecule has 2 bridgehead atoms. The second kappa shape index (κ2) is 6.18. The number of alkyl halides is 3. The molecule has 1 aromatic carbocycles. The summed E-state index contributed by atoms with van der Waals surface area (Å²) in [6.07, 6.45) is -1.29. The molecule has 0 spiro atoms. The Morgan fingerprint density at radius 1 is 1.14 bits per heavy atom. The summed E-state index contributed by atoms with van der Waals surface area (Å²) in [7, 11) is 0. The van der Waals surface area contributed by atoms with Crippen LogP contribution in [0.3, 0.4) is 0 Å². The predicted molar refractivity (Wildman–Crippen MR) is 96.1 cm³/mol. The molecule has 0 radical (unpaired) electrons. The first-order valence-electron chi connectivity index (χ1n) is 8.99. The Kier molecular flexibility index (Phi) is 4.13. The number of aromatic nitrogens is 1. The molecule has 148 valence electrons. The molecular weight excluding hydrogens is 374 g/mol. The maximum atomic E-state index is 13.1.